The molecule has 1 heterocycles. The van der Waals surface area contributed by atoms with E-state index in [2.05, 4.69) is 17.2 Å². The topological polar surface area (TPSA) is 32.3 Å². The Labute approximate surface area is 95.5 Å². The Kier molecular flexibility index (Phi) is 3.23. The van der Waals surface area contributed by atoms with Crippen LogP contribution in [0.1, 0.15) is 5.56 Å². The molecular weight excluding hydrogens is 200 g/mol. The first-order valence-electron chi connectivity index (χ1n) is 5.32. The highest BCUT2D eigenvalue weighted by molar-refractivity contribution is 5.94. The van der Waals surface area contributed by atoms with E-state index < -0.39 is 0 Å². The average Bonchev–Trinajstić information content (AvgIpc) is 2.25. The third-order valence-corrected chi connectivity index (χ3v) is 2.72. The molecule has 1 aromatic carbocycles. The van der Waals surface area contributed by atoms with Gasteiger partial charge in [-0.05, 0) is 12.1 Å². The summed E-state index contributed by atoms with van der Waals surface area (Å²) in [7, 11) is 1.80. The second-order valence-electron chi connectivity index (χ2n) is 3.84. The second-order valence-corrected chi connectivity index (χ2v) is 3.84. The molecule has 0 unspecified atom stereocenters. The van der Waals surface area contributed by atoms with Gasteiger partial charge in [0.1, 0.15) is 0 Å². The first-order valence-corrected chi connectivity index (χ1v) is 5.32. The van der Waals surface area contributed by atoms with E-state index in [9.17, 15) is 4.79 Å². The van der Waals surface area contributed by atoms with Crippen LogP contribution >= 0.6 is 0 Å². The van der Waals surface area contributed by atoms with E-state index >= 15 is 0 Å². The number of nitrogens with one attached hydrogen (secondary N) is 1. The molecule has 16 heavy (non-hydrogen) atoms. The lowest BCUT2D eigenvalue weighted by Crippen LogP contribution is -2.57. The summed E-state index contributed by atoms with van der Waals surface area (Å²) in [6, 6.07) is 9.84. The van der Waals surface area contributed by atoms with Gasteiger partial charge in [-0.25, -0.2) is 0 Å². The molecule has 0 atom stereocenters. The highest BCUT2D eigenvalue weighted by Crippen LogP contribution is 2.02. The molecule has 0 spiro atoms. The standard InChI is InChI=1S/C13H14N2O/c1-15(12-9-14-10-12)13(16)8-7-11-5-3-2-4-6-11/h2-6,12,14H,9-10H2,1H3. The van der Waals surface area contributed by atoms with Crippen LogP contribution in [-0.4, -0.2) is 37.0 Å². The Bertz CT molecular complexity index is 426. The number of hydrogen-bond donors (Lipinski definition) is 1. The molecule has 1 aromatic rings. The van der Waals surface area contributed by atoms with E-state index in [1.165, 1.54) is 0 Å². The van der Waals surface area contributed by atoms with Crippen LogP contribution in [0.25, 0.3) is 0 Å². The molecule has 0 aromatic heterocycles. The van der Waals surface area contributed by atoms with Gasteiger partial charge in [-0.3, -0.25) is 4.79 Å². The summed E-state index contributed by atoms with van der Waals surface area (Å²) in [5, 5.41) is 3.13. The lowest BCUT2D eigenvalue weighted by Gasteiger charge is -2.34. The summed E-state index contributed by atoms with van der Waals surface area (Å²) in [6.45, 7) is 1.74. The molecule has 1 amide bonds. The number of hydrogen-bond acceptors (Lipinski definition) is 2. The number of amides is 1. The molecule has 1 aliphatic rings. The molecule has 2 rings (SSSR count). The first kappa shape index (κ1) is 10.7. The highest BCUT2D eigenvalue weighted by atomic mass is 16.2. The summed E-state index contributed by atoms with van der Waals surface area (Å²) in [5.41, 5.74) is 0.871. The largest absolute Gasteiger partial charge is 0.329 e. The molecule has 0 saturated carbocycles. The van der Waals surface area contributed by atoms with Crippen LogP contribution in [0.3, 0.4) is 0 Å². The monoisotopic (exact) mass is 214 g/mol. The Morgan fingerprint density at radius 3 is 2.62 bits per heavy atom. The van der Waals surface area contributed by atoms with Crippen molar-refractivity contribution in [2.75, 3.05) is 20.1 Å². The van der Waals surface area contributed by atoms with Gasteiger partial charge in [-0.15, -0.1) is 0 Å². The average molecular weight is 214 g/mol. The Morgan fingerprint density at radius 1 is 1.38 bits per heavy atom. The summed E-state index contributed by atoms with van der Waals surface area (Å²) >= 11 is 0. The zero-order chi connectivity index (χ0) is 11.4. The molecule has 82 valence electrons. The molecule has 3 heteroatoms. The van der Waals surface area contributed by atoms with Crippen LogP contribution in [0, 0.1) is 11.8 Å². The van der Waals surface area contributed by atoms with Gasteiger partial charge in [0.2, 0.25) is 0 Å². The Balaban J connectivity index is 1.99. The van der Waals surface area contributed by atoms with Crippen molar-refractivity contribution in [1.29, 1.82) is 0 Å². The number of carbonyl (C=O) groups excluding carboxylic acids is 1. The maximum absolute atomic E-state index is 11.7. The van der Waals surface area contributed by atoms with E-state index in [4.69, 9.17) is 0 Å². The van der Waals surface area contributed by atoms with Crippen LogP contribution in [0.4, 0.5) is 0 Å². The normalized spacial score (nSPS) is 14.6. The van der Waals surface area contributed by atoms with Crippen LogP contribution in [0.5, 0.6) is 0 Å². The summed E-state index contributed by atoms with van der Waals surface area (Å²) < 4.78 is 0. The van der Waals surface area contributed by atoms with Crippen molar-refractivity contribution in [1.82, 2.24) is 10.2 Å². The van der Waals surface area contributed by atoms with E-state index in [0.717, 1.165) is 18.7 Å². The molecule has 0 bridgehead atoms. The number of rotatable bonds is 1. The predicted octanol–water partition coefficient (Wildman–Crippen LogP) is 0.468. The van der Waals surface area contributed by atoms with Gasteiger partial charge in [-0.2, -0.15) is 0 Å². The van der Waals surface area contributed by atoms with E-state index in [-0.39, 0.29) is 5.91 Å². The van der Waals surface area contributed by atoms with Gasteiger partial charge < -0.3 is 10.2 Å². The minimum Gasteiger partial charge on any atom is -0.329 e. The summed E-state index contributed by atoms with van der Waals surface area (Å²) in [6.07, 6.45) is 0. The molecule has 1 aliphatic heterocycles. The van der Waals surface area contributed by atoms with Crippen LogP contribution in [0.15, 0.2) is 30.3 Å². The smallest absolute Gasteiger partial charge is 0.298 e. The molecule has 0 radical (unpaired) electrons. The predicted molar refractivity (Wildman–Crippen MR) is 62.7 cm³/mol. The van der Waals surface area contributed by atoms with Crippen molar-refractivity contribution >= 4 is 5.91 Å². The van der Waals surface area contributed by atoms with E-state index in [1.54, 1.807) is 11.9 Å². The molecule has 1 fully saturated rings. The molecule has 1 saturated heterocycles. The first-order chi connectivity index (χ1) is 7.77. The molecule has 0 aliphatic carbocycles. The number of carbonyl (C=O) groups is 1. The fraction of sp³-hybridized carbons (Fsp3) is 0.308. The van der Waals surface area contributed by atoms with Crippen molar-refractivity contribution < 1.29 is 4.79 Å². The van der Waals surface area contributed by atoms with Crippen molar-refractivity contribution in [3.05, 3.63) is 35.9 Å². The maximum Gasteiger partial charge on any atom is 0.298 e. The van der Waals surface area contributed by atoms with Gasteiger partial charge in [0, 0.05) is 31.6 Å². The van der Waals surface area contributed by atoms with Crippen molar-refractivity contribution in [3.8, 4) is 11.8 Å². The van der Waals surface area contributed by atoms with Gasteiger partial charge in [0.15, 0.2) is 0 Å². The van der Waals surface area contributed by atoms with Gasteiger partial charge in [-0.1, -0.05) is 24.1 Å². The zero-order valence-electron chi connectivity index (χ0n) is 9.23. The van der Waals surface area contributed by atoms with E-state index in [1.807, 2.05) is 30.3 Å². The lowest BCUT2D eigenvalue weighted by atomic mass is 10.1. The zero-order valence-corrected chi connectivity index (χ0v) is 9.23. The highest BCUT2D eigenvalue weighted by Gasteiger charge is 2.23. The minimum absolute atomic E-state index is 0.115. The van der Waals surface area contributed by atoms with Crippen LogP contribution in [-0.2, 0) is 4.79 Å². The third-order valence-electron chi connectivity index (χ3n) is 2.72. The lowest BCUT2D eigenvalue weighted by molar-refractivity contribution is -0.126. The van der Waals surface area contributed by atoms with Gasteiger partial charge >= 0.3 is 0 Å². The van der Waals surface area contributed by atoms with Gasteiger partial charge in [0.25, 0.3) is 5.91 Å². The fourth-order valence-electron chi connectivity index (χ4n) is 1.45. The van der Waals surface area contributed by atoms with Crippen LogP contribution in [0.2, 0.25) is 0 Å². The molecule has 1 N–H and O–H groups in total. The van der Waals surface area contributed by atoms with E-state index in [0.29, 0.717) is 6.04 Å². The number of benzene rings is 1. The summed E-state index contributed by atoms with van der Waals surface area (Å²) in [4.78, 5) is 13.4. The number of nitrogens with zero attached hydrogens (tertiary/aromatic N) is 1. The van der Waals surface area contributed by atoms with Crippen molar-refractivity contribution in [2.45, 2.75) is 6.04 Å². The maximum atomic E-state index is 11.7. The van der Waals surface area contributed by atoms with Crippen molar-refractivity contribution in [2.24, 2.45) is 0 Å². The third kappa shape index (κ3) is 2.41. The molecule has 3 nitrogen and oxygen atoms in total. The minimum atomic E-state index is -0.115. The SMILES string of the molecule is CN(C(=O)C#Cc1ccccc1)C1CNC1. The fourth-order valence-corrected chi connectivity index (χ4v) is 1.45. The Hall–Kier alpha value is -1.79. The van der Waals surface area contributed by atoms with Crippen molar-refractivity contribution in [3.63, 3.8) is 0 Å². The number of likely N-dealkylation sites (N-methyl/N-ethyl adjacent to an activating group) is 1. The summed E-state index contributed by atoms with van der Waals surface area (Å²) in [5.74, 6) is 5.41. The van der Waals surface area contributed by atoms with Gasteiger partial charge in [0.05, 0.1) is 6.04 Å². The van der Waals surface area contributed by atoms with Crippen LogP contribution < -0.4 is 5.32 Å². The molecular formula is C13H14N2O. The Morgan fingerprint density at radius 2 is 2.06 bits per heavy atom. The second kappa shape index (κ2) is 4.82. The quantitative estimate of drug-likeness (QED) is 0.689.